The molecule has 1 aliphatic rings. The topological polar surface area (TPSA) is 21.3 Å². The highest BCUT2D eigenvalue weighted by Crippen LogP contribution is 2.17. The van der Waals surface area contributed by atoms with Crippen molar-refractivity contribution < 1.29 is 4.74 Å². The molecule has 1 aliphatic heterocycles. The molecule has 0 radical (unpaired) electrons. The van der Waals surface area contributed by atoms with Crippen molar-refractivity contribution in [3.05, 3.63) is 30.3 Å². The first kappa shape index (κ1) is 12.0. The number of rotatable bonds is 6. The highest BCUT2D eigenvalue weighted by molar-refractivity contribution is 7.99. The summed E-state index contributed by atoms with van der Waals surface area (Å²) in [5.74, 6) is 1.19. The molecule has 0 bridgehead atoms. The van der Waals surface area contributed by atoms with Gasteiger partial charge in [-0.2, -0.15) is 0 Å². The Morgan fingerprint density at radius 2 is 2.19 bits per heavy atom. The standard InChI is InChI=1S/C13H19NOS/c1-2-5-13(6-3-1)16-10-4-8-14-12-7-9-15-11-12/h1-3,5-6,12,14H,4,7-11H2. The summed E-state index contributed by atoms with van der Waals surface area (Å²) in [6, 6.07) is 11.2. The minimum absolute atomic E-state index is 0.599. The zero-order valence-electron chi connectivity index (χ0n) is 9.52. The van der Waals surface area contributed by atoms with Crippen molar-refractivity contribution in [1.29, 1.82) is 0 Å². The molecule has 0 aromatic heterocycles. The van der Waals surface area contributed by atoms with Gasteiger partial charge in [0.05, 0.1) is 6.61 Å². The van der Waals surface area contributed by atoms with E-state index in [1.807, 2.05) is 11.8 Å². The van der Waals surface area contributed by atoms with Gasteiger partial charge in [0, 0.05) is 17.5 Å². The van der Waals surface area contributed by atoms with E-state index in [1.165, 1.54) is 23.5 Å². The molecule has 1 unspecified atom stereocenters. The number of thioether (sulfide) groups is 1. The molecule has 1 fully saturated rings. The molecule has 0 aliphatic carbocycles. The SMILES string of the molecule is c1ccc(SCCCNC2CCOC2)cc1. The monoisotopic (exact) mass is 237 g/mol. The molecular formula is C13H19NOS. The van der Waals surface area contributed by atoms with Gasteiger partial charge in [0.15, 0.2) is 0 Å². The summed E-state index contributed by atoms with van der Waals surface area (Å²) in [5.41, 5.74) is 0. The molecule has 1 aromatic carbocycles. The van der Waals surface area contributed by atoms with Crippen molar-refractivity contribution in [3.8, 4) is 0 Å². The largest absolute Gasteiger partial charge is 0.380 e. The van der Waals surface area contributed by atoms with Gasteiger partial charge in [-0.3, -0.25) is 0 Å². The molecule has 88 valence electrons. The van der Waals surface area contributed by atoms with Gasteiger partial charge in [-0.25, -0.2) is 0 Å². The highest BCUT2D eigenvalue weighted by atomic mass is 32.2. The molecule has 3 heteroatoms. The van der Waals surface area contributed by atoms with Gasteiger partial charge < -0.3 is 10.1 Å². The van der Waals surface area contributed by atoms with Crippen LogP contribution in [0.4, 0.5) is 0 Å². The smallest absolute Gasteiger partial charge is 0.0620 e. The zero-order valence-corrected chi connectivity index (χ0v) is 10.3. The van der Waals surface area contributed by atoms with Crippen LogP contribution in [-0.4, -0.2) is 31.6 Å². The van der Waals surface area contributed by atoms with E-state index in [0.717, 1.165) is 19.8 Å². The quantitative estimate of drug-likeness (QED) is 0.607. The van der Waals surface area contributed by atoms with Crippen LogP contribution in [0.5, 0.6) is 0 Å². The number of hydrogen-bond acceptors (Lipinski definition) is 3. The Balaban J connectivity index is 1.52. The van der Waals surface area contributed by atoms with Crippen molar-refractivity contribution in [3.63, 3.8) is 0 Å². The van der Waals surface area contributed by atoms with Gasteiger partial charge in [0.1, 0.15) is 0 Å². The maximum atomic E-state index is 5.32. The van der Waals surface area contributed by atoms with Crippen molar-refractivity contribution >= 4 is 11.8 Å². The average molecular weight is 237 g/mol. The Morgan fingerprint density at radius 1 is 1.31 bits per heavy atom. The molecule has 2 rings (SSSR count). The predicted molar refractivity (Wildman–Crippen MR) is 69.0 cm³/mol. The third kappa shape index (κ3) is 4.16. The summed E-state index contributed by atoms with van der Waals surface area (Å²) in [7, 11) is 0. The van der Waals surface area contributed by atoms with Crippen LogP contribution in [-0.2, 0) is 4.74 Å². The van der Waals surface area contributed by atoms with E-state index in [0.29, 0.717) is 6.04 Å². The van der Waals surface area contributed by atoms with Gasteiger partial charge in [-0.1, -0.05) is 18.2 Å². The minimum atomic E-state index is 0.599. The minimum Gasteiger partial charge on any atom is -0.380 e. The highest BCUT2D eigenvalue weighted by Gasteiger charge is 2.13. The molecule has 2 nitrogen and oxygen atoms in total. The third-order valence-corrected chi connectivity index (χ3v) is 3.79. The normalized spacial score (nSPS) is 20.1. The maximum absolute atomic E-state index is 5.32. The van der Waals surface area contributed by atoms with Crippen LogP contribution in [0.1, 0.15) is 12.8 Å². The van der Waals surface area contributed by atoms with Gasteiger partial charge in [-0.15, -0.1) is 11.8 Å². The number of nitrogens with one attached hydrogen (secondary N) is 1. The van der Waals surface area contributed by atoms with E-state index in [4.69, 9.17) is 4.74 Å². The van der Waals surface area contributed by atoms with Crippen LogP contribution < -0.4 is 5.32 Å². The van der Waals surface area contributed by atoms with E-state index in [-0.39, 0.29) is 0 Å². The molecule has 1 saturated heterocycles. The molecule has 1 aromatic rings. The molecule has 1 atom stereocenters. The van der Waals surface area contributed by atoms with Crippen LogP contribution in [0.3, 0.4) is 0 Å². The van der Waals surface area contributed by atoms with E-state index in [2.05, 4.69) is 35.6 Å². The molecule has 0 saturated carbocycles. The fraction of sp³-hybridized carbons (Fsp3) is 0.538. The van der Waals surface area contributed by atoms with Gasteiger partial charge in [0.2, 0.25) is 0 Å². The lowest BCUT2D eigenvalue weighted by Gasteiger charge is -2.09. The Kier molecular flexibility index (Phi) is 5.19. The number of hydrogen-bond donors (Lipinski definition) is 1. The molecule has 16 heavy (non-hydrogen) atoms. The lowest BCUT2D eigenvalue weighted by Crippen LogP contribution is -2.30. The molecule has 1 N–H and O–H groups in total. The summed E-state index contributed by atoms with van der Waals surface area (Å²) in [5, 5.41) is 3.53. The second kappa shape index (κ2) is 6.94. The Labute approximate surface area is 102 Å². The van der Waals surface area contributed by atoms with Crippen LogP contribution in [0.25, 0.3) is 0 Å². The number of benzene rings is 1. The van der Waals surface area contributed by atoms with Gasteiger partial charge in [0.25, 0.3) is 0 Å². The van der Waals surface area contributed by atoms with Crippen molar-refractivity contribution in [1.82, 2.24) is 5.32 Å². The first-order valence-corrected chi connectivity index (χ1v) is 6.93. The molecule has 1 heterocycles. The lowest BCUT2D eigenvalue weighted by molar-refractivity contribution is 0.190. The second-order valence-corrected chi connectivity index (χ2v) is 5.20. The predicted octanol–water partition coefficient (Wildman–Crippen LogP) is 2.55. The molecular weight excluding hydrogens is 218 g/mol. The van der Waals surface area contributed by atoms with Crippen LogP contribution in [0, 0.1) is 0 Å². The van der Waals surface area contributed by atoms with E-state index in [9.17, 15) is 0 Å². The van der Waals surface area contributed by atoms with Crippen LogP contribution in [0.15, 0.2) is 35.2 Å². The van der Waals surface area contributed by atoms with E-state index < -0.39 is 0 Å². The summed E-state index contributed by atoms with van der Waals surface area (Å²) in [4.78, 5) is 1.37. The first-order valence-electron chi connectivity index (χ1n) is 5.94. The van der Waals surface area contributed by atoms with E-state index >= 15 is 0 Å². The molecule has 0 amide bonds. The summed E-state index contributed by atoms with van der Waals surface area (Å²) in [6.45, 7) is 2.93. The van der Waals surface area contributed by atoms with Gasteiger partial charge >= 0.3 is 0 Å². The van der Waals surface area contributed by atoms with E-state index in [1.54, 1.807) is 0 Å². The number of ether oxygens (including phenoxy) is 1. The Bertz CT molecular complexity index is 285. The fourth-order valence-corrected chi connectivity index (χ4v) is 2.65. The van der Waals surface area contributed by atoms with Gasteiger partial charge in [-0.05, 0) is 37.3 Å². The van der Waals surface area contributed by atoms with Crippen molar-refractivity contribution in [2.45, 2.75) is 23.8 Å². The maximum Gasteiger partial charge on any atom is 0.0620 e. The zero-order chi connectivity index (χ0) is 11.1. The third-order valence-electron chi connectivity index (χ3n) is 2.70. The average Bonchev–Trinajstić information content (AvgIpc) is 2.83. The summed E-state index contributed by atoms with van der Waals surface area (Å²) < 4.78 is 5.32. The Morgan fingerprint density at radius 3 is 2.94 bits per heavy atom. The second-order valence-electron chi connectivity index (χ2n) is 4.03. The first-order chi connectivity index (χ1) is 7.95. The lowest BCUT2D eigenvalue weighted by atomic mass is 10.2. The Hall–Kier alpha value is -0.510. The van der Waals surface area contributed by atoms with Crippen LogP contribution in [0.2, 0.25) is 0 Å². The molecule has 0 spiro atoms. The fourth-order valence-electron chi connectivity index (χ4n) is 1.78. The van der Waals surface area contributed by atoms with Crippen molar-refractivity contribution in [2.24, 2.45) is 0 Å². The summed E-state index contributed by atoms with van der Waals surface area (Å²) in [6.07, 6.45) is 2.39. The summed E-state index contributed by atoms with van der Waals surface area (Å²) >= 11 is 1.93. The van der Waals surface area contributed by atoms with Crippen LogP contribution >= 0.6 is 11.8 Å². The van der Waals surface area contributed by atoms with Crippen molar-refractivity contribution in [2.75, 3.05) is 25.5 Å².